The molecule has 3 aliphatic rings. The molecule has 2 aliphatic heterocycles. The minimum atomic E-state index is -4.39. The highest BCUT2D eigenvalue weighted by Crippen LogP contribution is 2.41. The highest BCUT2D eigenvalue weighted by Gasteiger charge is 2.43. The van der Waals surface area contributed by atoms with Crippen LogP contribution in [0.3, 0.4) is 0 Å². The Hall–Kier alpha value is -2.25. The van der Waals surface area contributed by atoms with Crippen molar-refractivity contribution < 1.29 is 22.8 Å². The fourth-order valence-corrected chi connectivity index (χ4v) is 4.39. The summed E-state index contributed by atoms with van der Waals surface area (Å²) in [6.45, 7) is 2.76. The third kappa shape index (κ3) is 4.67. The summed E-state index contributed by atoms with van der Waals surface area (Å²) in [5.74, 6) is 0.853. The summed E-state index contributed by atoms with van der Waals surface area (Å²) in [6.07, 6.45) is 1.32. The number of carbonyl (C=O) groups is 2. The Bertz CT molecular complexity index is 766. The number of anilines is 1. The van der Waals surface area contributed by atoms with Crippen LogP contribution in [0.25, 0.3) is 0 Å². The first-order chi connectivity index (χ1) is 13.7. The summed E-state index contributed by atoms with van der Waals surface area (Å²) < 4.78 is 38.0. The van der Waals surface area contributed by atoms with Gasteiger partial charge in [0.15, 0.2) is 0 Å². The molecule has 4 rings (SSSR count). The van der Waals surface area contributed by atoms with Crippen molar-refractivity contribution in [1.82, 2.24) is 9.80 Å². The molecule has 8 heteroatoms. The summed E-state index contributed by atoms with van der Waals surface area (Å²) in [5.41, 5.74) is -0.337. The average molecular weight is 409 g/mol. The van der Waals surface area contributed by atoms with E-state index >= 15 is 0 Å². The molecule has 1 N–H and O–H groups in total. The molecule has 1 aromatic rings. The van der Waals surface area contributed by atoms with Gasteiger partial charge in [-0.1, -0.05) is 0 Å². The lowest BCUT2D eigenvalue weighted by Crippen LogP contribution is -2.45. The molecule has 0 bridgehead atoms. The number of hydrogen-bond donors (Lipinski definition) is 1. The minimum absolute atomic E-state index is 0.0494. The number of nitrogens with one attached hydrogen (secondary N) is 1. The van der Waals surface area contributed by atoms with Crippen molar-refractivity contribution in [2.45, 2.75) is 44.7 Å². The molecule has 158 valence electrons. The summed E-state index contributed by atoms with van der Waals surface area (Å²) in [6, 6.07) is 4.20. The van der Waals surface area contributed by atoms with Crippen molar-refractivity contribution in [3.8, 4) is 0 Å². The van der Waals surface area contributed by atoms with E-state index in [9.17, 15) is 22.8 Å². The molecule has 1 aliphatic carbocycles. The second-order valence-electron chi connectivity index (χ2n) is 8.71. The van der Waals surface area contributed by atoms with Crippen LogP contribution in [0, 0.1) is 11.3 Å². The molecule has 29 heavy (non-hydrogen) atoms. The number of nitrogens with zero attached hydrogens (tertiary/aromatic N) is 2. The van der Waals surface area contributed by atoms with E-state index in [2.05, 4.69) is 5.32 Å². The second kappa shape index (κ2) is 7.54. The van der Waals surface area contributed by atoms with E-state index in [1.54, 1.807) is 4.90 Å². The van der Waals surface area contributed by atoms with Gasteiger partial charge in [0.25, 0.3) is 0 Å². The Labute approximate surface area is 168 Å². The van der Waals surface area contributed by atoms with Crippen LogP contribution in [0.1, 0.15) is 44.1 Å². The number of hydrogen-bond acceptors (Lipinski definition) is 2. The van der Waals surface area contributed by atoms with Crippen molar-refractivity contribution in [3.63, 3.8) is 0 Å². The number of benzene rings is 1. The molecule has 1 saturated carbocycles. The molecule has 3 fully saturated rings. The smallest absolute Gasteiger partial charge is 0.343 e. The number of urea groups is 1. The third-order valence-electron chi connectivity index (χ3n) is 6.53. The van der Waals surface area contributed by atoms with Crippen molar-refractivity contribution in [1.29, 1.82) is 0 Å². The molecule has 1 spiro atoms. The fraction of sp³-hybridized carbons (Fsp3) is 0.619. The van der Waals surface area contributed by atoms with Crippen LogP contribution in [0.5, 0.6) is 0 Å². The first-order valence-corrected chi connectivity index (χ1v) is 10.3. The number of carbonyl (C=O) groups excluding carboxylic acids is 2. The van der Waals surface area contributed by atoms with Gasteiger partial charge in [0.2, 0.25) is 5.91 Å². The minimum Gasteiger partial charge on any atom is -0.343 e. The Morgan fingerprint density at radius 2 is 1.59 bits per heavy atom. The molecule has 1 aromatic carbocycles. The van der Waals surface area contributed by atoms with Gasteiger partial charge in [-0.3, -0.25) is 4.79 Å². The van der Waals surface area contributed by atoms with E-state index in [1.165, 1.54) is 25.0 Å². The van der Waals surface area contributed by atoms with Gasteiger partial charge in [-0.2, -0.15) is 13.2 Å². The first-order valence-electron chi connectivity index (χ1n) is 10.3. The molecule has 2 saturated heterocycles. The van der Waals surface area contributed by atoms with Gasteiger partial charge in [-0.25, -0.2) is 4.79 Å². The van der Waals surface area contributed by atoms with Crippen LogP contribution < -0.4 is 5.32 Å². The quantitative estimate of drug-likeness (QED) is 0.807. The monoisotopic (exact) mass is 409 g/mol. The van der Waals surface area contributed by atoms with E-state index in [-0.39, 0.29) is 17.4 Å². The highest BCUT2D eigenvalue weighted by atomic mass is 19.4. The normalized spacial score (nSPS) is 21.5. The average Bonchev–Trinajstić information content (AvgIpc) is 3.40. The first kappa shape index (κ1) is 20.0. The molecule has 0 radical (unpaired) electrons. The third-order valence-corrected chi connectivity index (χ3v) is 6.53. The summed E-state index contributed by atoms with van der Waals surface area (Å²) in [4.78, 5) is 28.5. The maximum absolute atomic E-state index is 12.7. The molecule has 0 unspecified atom stereocenters. The predicted octanol–water partition coefficient (Wildman–Crippen LogP) is 4.35. The predicted molar refractivity (Wildman–Crippen MR) is 102 cm³/mol. The lowest BCUT2D eigenvalue weighted by Gasteiger charge is -2.39. The van der Waals surface area contributed by atoms with Crippen LogP contribution in [0.4, 0.5) is 23.7 Å². The number of rotatable bonds is 3. The Morgan fingerprint density at radius 3 is 2.14 bits per heavy atom. The summed E-state index contributed by atoms with van der Waals surface area (Å²) in [5, 5.41) is 2.70. The van der Waals surface area contributed by atoms with E-state index in [1.807, 2.05) is 4.90 Å². The van der Waals surface area contributed by atoms with Crippen LogP contribution in [-0.4, -0.2) is 47.9 Å². The molecular formula is C21H26F3N3O2. The molecule has 0 aromatic heterocycles. The molecule has 2 heterocycles. The number of amides is 3. The second-order valence-corrected chi connectivity index (χ2v) is 8.71. The van der Waals surface area contributed by atoms with Gasteiger partial charge < -0.3 is 15.1 Å². The van der Waals surface area contributed by atoms with Crippen molar-refractivity contribution in [2.75, 3.05) is 31.5 Å². The maximum atomic E-state index is 12.7. The topological polar surface area (TPSA) is 52.7 Å². The van der Waals surface area contributed by atoms with Gasteiger partial charge in [0.1, 0.15) is 0 Å². The van der Waals surface area contributed by atoms with Crippen molar-refractivity contribution >= 4 is 17.6 Å². The summed E-state index contributed by atoms with van der Waals surface area (Å²) >= 11 is 0. The Morgan fingerprint density at radius 1 is 1.00 bits per heavy atom. The fourth-order valence-electron chi connectivity index (χ4n) is 4.39. The molecule has 3 amide bonds. The van der Waals surface area contributed by atoms with Crippen LogP contribution >= 0.6 is 0 Å². The van der Waals surface area contributed by atoms with Crippen molar-refractivity contribution in [2.24, 2.45) is 11.3 Å². The standard InChI is InChI=1S/C21H26F3N3O2/c22-21(23,24)16-3-5-17(6-4-16)25-19(29)27-12-9-20(14-27)7-10-26(11-8-20)18(28)13-15-1-2-15/h3-6,15H,1-2,7-14H2,(H,25,29). The van der Waals surface area contributed by atoms with Crippen LogP contribution in [0.2, 0.25) is 0 Å². The van der Waals surface area contributed by atoms with Gasteiger partial charge in [-0.15, -0.1) is 0 Å². The zero-order chi connectivity index (χ0) is 20.6. The van der Waals surface area contributed by atoms with Gasteiger partial charge >= 0.3 is 12.2 Å². The van der Waals surface area contributed by atoms with Crippen molar-refractivity contribution in [3.05, 3.63) is 29.8 Å². The van der Waals surface area contributed by atoms with E-state index < -0.39 is 11.7 Å². The Kier molecular flexibility index (Phi) is 5.21. The zero-order valence-corrected chi connectivity index (χ0v) is 16.3. The Balaban J connectivity index is 1.28. The van der Waals surface area contributed by atoms with Gasteiger partial charge in [0, 0.05) is 38.3 Å². The number of piperidine rings is 1. The zero-order valence-electron chi connectivity index (χ0n) is 16.3. The van der Waals surface area contributed by atoms with Crippen LogP contribution in [-0.2, 0) is 11.0 Å². The van der Waals surface area contributed by atoms with Crippen LogP contribution in [0.15, 0.2) is 24.3 Å². The van der Waals surface area contributed by atoms with E-state index in [4.69, 9.17) is 0 Å². The van der Waals surface area contributed by atoms with E-state index in [0.29, 0.717) is 31.1 Å². The molecule has 0 atom stereocenters. The largest absolute Gasteiger partial charge is 0.416 e. The lowest BCUT2D eigenvalue weighted by atomic mass is 9.77. The molecular weight excluding hydrogens is 383 g/mol. The number of alkyl halides is 3. The maximum Gasteiger partial charge on any atom is 0.416 e. The highest BCUT2D eigenvalue weighted by molar-refractivity contribution is 5.89. The van der Waals surface area contributed by atoms with Gasteiger partial charge in [-0.05, 0) is 67.7 Å². The number of halogens is 3. The molecule has 5 nitrogen and oxygen atoms in total. The SMILES string of the molecule is O=C(CC1CC1)N1CCC2(CC1)CCN(C(=O)Nc1ccc(C(F)(F)F)cc1)C2. The summed E-state index contributed by atoms with van der Waals surface area (Å²) in [7, 11) is 0. The van der Waals surface area contributed by atoms with E-state index in [0.717, 1.165) is 44.5 Å². The van der Waals surface area contributed by atoms with Gasteiger partial charge in [0.05, 0.1) is 5.56 Å². The lowest BCUT2D eigenvalue weighted by molar-refractivity contribution is -0.137. The number of likely N-dealkylation sites (tertiary alicyclic amines) is 2.